The van der Waals surface area contributed by atoms with Gasteiger partial charge in [0, 0.05) is 18.2 Å². The Morgan fingerprint density at radius 2 is 2.07 bits per heavy atom. The highest BCUT2D eigenvalue weighted by atomic mass is 16.5. The molecule has 0 aliphatic carbocycles. The highest BCUT2D eigenvalue weighted by Crippen LogP contribution is 2.40. The van der Waals surface area contributed by atoms with Crippen LogP contribution in [-0.2, 0) is 0 Å². The van der Waals surface area contributed by atoms with Crippen LogP contribution in [0.15, 0.2) is 12.1 Å². The average molecular weight is 209 g/mol. The Hall–Kier alpha value is -1.42. The molecule has 1 atom stereocenters. The van der Waals surface area contributed by atoms with Crippen LogP contribution in [0.2, 0.25) is 0 Å². The van der Waals surface area contributed by atoms with Crippen molar-refractivity contribution in [2.75, 3.05) is 20.8 Å². The second kappa shape index (κ2) is 3.98. The van der Waals surface area contributed by atoms with E-state index in [4.69, 9.17) is 9.47 Å². The lowest BCUT2D eigenvalue weighted by Gasteiger charge is -2.30. The van der Waals surface area contributed by atoms with Crippen molar-refractivity contribution in [1.29, 1.82) is 0 Å². The van der Waals surface area contributed by atoms with Gasteiger partial charge < -0.3 is 19.9 Å². The predicted octanol–water partition coefficient (Wildman–Crippen LogP) is 1.44. The largest absolute Gasteiger partial charge is 0.507 e. The number of ether oxygens (including phenoxy) is 2. The van der Waals surface area contributed by atoms with Crippen LogP contribution >= 0.6 is 0 Å². The lowest BCUT2D eigenvalue weighted by Crippen LogP contribution is -2.35. The number of aromatic hydroxyl groups is 1. The fourth-order valence-corrected chi connectivity index (χ4v) is 1.76. The van der Waals surface area contributed by atoms with Crippen molar-refractivity contribution in [3.8, 4) is 17.2 Å². The van der Waals surface area contributed by atoms with E-state index in [0.29, 0.717) is 11.5 Å². The Morgan fingerprint density at radius 3 is 2.53 bits per heavy atom. The van der Waals surface area contributed by atoms with Gasteiger partial charge in [-0.2, -0.15) is 0 Å². The molecule has 0 saturated carbocycles. The van der Waals surface area contributed by atoms with Crippen molar-refractivity contribution in [2.45, 2.75) is 12.5 Å². The van der Waals surface area contributed by atoms with E-state index in [-0.39, 0.29) is 11.8 Å². The van der Waals surface area contributed by atoms with Crippen molar-refractivity contribution in [3.05, 3.63) is 17.7 Å². The zero-order valence-corrected chi connectivity index (χ0v) is 8.91. The summed E-state index contributed by atoms with van der Waals surface area (Å²) in [6.07, 6.45) is 1.02. The van der Waals surface area contributed by atoms with Crippen LogP contribution in [0.3, 0.4) is 0 Å². The molecule has 2 N–H and O–H groups in total. The molecule has 1 aromatic carbocycles. The fraction of sp³-hybridized carbons (Fsp3) is 0.455. The highest BCUT2D eigenvalue weighted by Gasteiger charge is 2.25. The van der Waals surface area contributed by atoms with Gasteiger partial charge in [-0.3, -0.25) is 0 Å². The van der Waals surface area contributed by atoms with Crippen LogP contribution in [0.5, 0.6) is 17.2 Å². The molecule has 0 amide bonds. The summed E-state index contributed by atoms with van der Waals surface area (Å²) in [5.74, 6) is 1.50. The van der Waals surface area contributed by atoms with Gasteiger partial charge in [-0.1, -0.05) is 0 Å². The maximum Gasteiger partial charge on any atom is 0.131 e. The Balaban J connectivity index is 2.41. The van der Waals surface area contributed by atoms with Gasteiger partial charge >= 0.3 is 0 Å². The van der Waals surface area contributed by atoms with E-state index in [2.05, 4.69) is 5.32 Å². The molecule has 1 saturated heterocycles. The second-order valence-electron chi connectivity index (χ2n) is 3.56. The van der Waals surface area contributed by atoms with Crippen molar-refractivity contribution < 1.29 is 14.6 Å². The molecule has 1 aromatic rings. The lowest BCUT2D eigenvalue weighted by atomic mass is 9.96. The average Bonchev–Trinajstić information content (AvgIpc) is 2.17. The minimum absolute atomic E-state index is 0.200. The second-order valence-corrected chi connectivity index (χ2v) is 3.56. The summed E-state index contributed by atoms with van der Waals surface area (Å²) < 4.78 is 10.3. The number of rotatable bonds is 3. The lowest BCUT2D eigenvalue weighted by molar-refractivity contribution is 0.332. The standard InChI is InChI=1S/C11H15NO3/c1-14-7-5-9(13)11(8-3-4-12-8)10(6-7)15-2/h5-6,8,12-13H,3-4H2,1-2H3/t8-/m0/s1. The van der Waals surface area contributed by atoms with E-state index in [1.54, 1.807) is 26.4 Å². The Bertz CT molecular complexity index is 361. The number of hydrogen-bond acceptors (Lipinski definition) is 4. The van der Waals surface area contributed by atoms with Gasteiger partial charge in [-0.25, -0.2) is 0 Å². The van der Waals surface area contributed by atoms with Crippen LogP contribution in [0.4, 0.5) is 0 Å². The summed E-state index contributed by atoms with van der Waals surface area (Å²) in [7, 11) is 3.16. The maximum absolute atomic E-state index is 9.87. The van der Waals surface area contributed by atoms with Gasteiger partial charge in [0.05, 0.1) is 19.8 Å². The molecule has 1 aliphatic rings. The Kier molecular flexibility index (Phi) is 2.68. The van der Waals surface area contributed by atoms with Gasteiger partial charge in [-0.15, -0.1) is 0 Å². The monoisotopic (exact) mass is 209 g/mol. The van der Waals surface area contributed by atoms with Crippen molar-refractivity contribution in [1.82, 2.24) is 5.32 Å². The molecule has 2 rings (SSSR count). The van der Waals surface area contributed by atoms with E-state index in [0.717, 1.165) is 18.5 Å². The van der Waals surface area contributed by atoms with Gasteiger partial charge in [-0.05, 0) is 13.0 Å². The van der Waals surface area contributed by atoms with Crippen LogP contribution in [0.25, 0.3) is 0 Å². The number of phenols is 1. The van der Waals surface area contributed by atoms with Crippen LogP contribution in [0, 0.1) is 0 Å². The molecule has 4 heteroatoms. The molecule has 0 aromatic heterocycles. The first kappa shape index (κ1) is 10.1. The first-order valence-corrected chi connectivity index (χ1v) is 4.94. The summed E-state index contributed by atoms with van der Waals surface area (Å²) in [5, 5.41) is 13.1. The first-order chi connectivity index (χ1) is 7.26. The third kappa shape index (κ3) is 1.72. The summed E-state index contributed by atoms with van der Waals surface area (Å²) in [6, 6.07) is 3.60. The van der Waals surface area contributed by atoms with Crippen molar-refractivity contribution >= 4 is 0 Å². The van der Waals surface area contributed by atoms with E-state index >= 15 is 0 Å². The fourth-order valence-electron chi connectivity index (χ4n) is 1.76. The van der Waals surface area contributed by atoms with E-state index in [1.165, 1.54) is 0 Å². The minimum Gasteiger partial charge on any atom is -0.507 e. The number of benzene rings is 1. The highest BCUT2D eigenvalue weighted by molar-refractivity contribution is 5.52. The van der Waals surface area contributed by atoms with Gasteiger partial charge in [0.15, 0.2) is 0 Å². The predicted molar refractivity (Wildman–Crippen MR) is 56.6 cm³/mol. The third-order valence-electron chi connectivity index (χ3n) is 2.72. The molecule has 1 heterocycles. The molecule has 82 valence electrons. The SMILES string of the molecule is COc1cc(O)c([C@@H]2CCN2)c(OC)c1. The topological polar surface area (TPSA) is 50.7 Å². The zero-order valence-electron chi connectivity index (χ0n) is 8.91. The van der Waals surface area contributed by atoms with Crippen LogP contribution < -0.4 is 14.8 Å². The van der Waals surface area contributed by atoms with Gasteiger partial charge in [0.25, 0.3) is 0 Å². The molecule has 0 unspecified atom stereocenters. The molecule has 1 aliphatic heterocycles. The molecule has 0 radical (unpaired) electrons. The van der Waals surface area contributed by atoms with E-state index < -0.39 is 0 Å². The zero-order chi connectivity index (χ0) is 10.8. The van der Waals surface area contributed by atoms with E-state index in [1.807, 2.05) is 0 Å². The van der Waals surface area contributed by atoms with Crippen LogP contribution in [0.1, 0.15) is 18.0 Å². The molecular weight excluding hydrogens is 194 g/mol. The maximum atomic E-state index is 9.87. The summed E-state index contributed by atoms with van der Waals surface area (Å²) in [4.78, 5) is 0. The van der Waals surface area contributed by atoms with Crippen LogP contribution in [-0.4, -0.2) is 25.9 Å². The number of nitrogens with one attached hydrogen (secondary N) is 1. The van der Waals surface area contributed by atoms with Crippen molar-refractivity contribution in [2.24, 2.45) is 0 Å². The quantitative estimate of drug-likeness (QED) is 0.791. The normalized spacial score (nSPS) is 19.5. The summed E-state index contributed by atoms with van der Waals surface area (Å²) >= 11 is 0. The Morgan fingerprint density at radius 1 is 1.33 bits per heavy atom. The number of methoxy groups -OCH3 is 2. The number of hydrogen-bond donors (Lipinski definition) is 2. The minimum atomic E-state index is 0.200. The molecular formula is C11H15NO3. The summed E-state index contributed by atoms with van der Waals surface area (Å²) in [6.45, 7) is 0.985. The Labute approximate surface area is 88.8 Å². The first-order valence-electron chi connectivity index (χ1n) is 4.94. The van der Waals surface area contributed by atoms with Crippen molar-refractivity contribution in [3.63, 3.8) is 0 Å². The third-order valence-corrected chi connectivity index (χ3v) is 2.72. The number of phenolic OH excluding ortho intramolecular Hbond substituents is 1. The molecule has 0 spiro atoms. The molecule has 15 heavy (non-hydrogen) atoms. The molecule has 1 fully saturated rings. The van der Waals surface area contributed by atoms with E-state index in [9.17, 15) is 5.11 Å². The smallest absolute Gasteiger partial charge is 0.131 e. The summed E-state index contributed by atoms with van der Waals surface area (Å²) in [5.41, 5.74) is 0.824. The molecule has 0 bridgehead atoms. The van der Waals surface area contributed by atoms with Gasteiger partial charge in [0.1, 0.15) is 17.2 Å². The van der Waals surface area contributed by atoms with Gasteiger partial charge in [0.2, 0.25) is 0 Å². The molecule has 4 nitrogen and oxygen atoms in total.